The summed E-state index contributed by atoms with van der Waals surface area (Å²) in [6.45, 7) is 11.9. The second-order valence-electron chi connectivity index (χ2n) is 14.3. The van der Waals surface area contributed by atoms with E-state index >= 15 is 0 Å². The van der Waals surface area contributed by atoms with Crippen LogP contribution in [0.15, 0.2) is 34.9 Å². The minimum absolute atomic E-state index is 0.112. The standard InChI is InChI=1S/C32H46N4O5/c1-30(2,3)39-28(37)33-23-14-12-21(13-15-23)18-26-34-27(35-41-26)32(16-17-32)20-36(29(38)40-31(4,5)6)25-19-24(25)22-10-8-7-9-11-22/h7-11,21,23-25H,12-20H2,1-6H3,(H,33,37). The van der Waals surface area contributed by atoms with E-state index < -0.39 is 11.2 Å². The van der Waals surface area contributed by atoms with Crippen LogP contribution in [0.5, 0.6) is 0 Å². The number of nitrogens with one attached hydrogen (secondary N) is 1. The van der Waals surface area contributed by atoms with Crippen molar-refractivity contribution in [3.05, 3.63) is 47.6 Å². The highest BCUT2D eigenvalue weighted by molar-refractivity contribution is 5.70. The summed E-state index contributed by atoms with van der Waals surface area (Å²) >= 11 is 0. The van der Waals surface area contributed by atoms with Gasteiger partial charge in [0, 0.05) is 31.0 Å². The van der Waals surface area contributed by atoms with Crippen molar-refractivity contribution in [1.29, 1.82) is 0 Å². The van der Waals surface area contributed by atoms with Crippen molar-refractivity contribution in [3.8, 4) is 0 Å². The van der Waals surface area contributed by atoms with Crippen LogP contribution in [-0.4, -0.2) is 57.1 Å². The zero-order chi connectivity index (χ0) is 29.4. The first-order valence-corrected chi connectivity index (χ1v) is 15.2. The average molecular weight is 567 g/mol. The van der Waals surface area contributed by atoms with Gasteiger partial charge in [-0.05, 0) is 98.0 Å². The Morgan fingerprint density at radius 1 is 1.00 bits per heavy atom. The van der Waals surface area contributed by atoms with E-state index in [1.54, 1.807) is 0 Å². The molecule has 0 spiro atoms. The summed E-state index contributed by atoms with van der Waals surface area (Å²) in [5.41, 5.74) is -0.0857. The van der Waals surface area contributed by atoms with E-state index in [1.807, 2.05) is 52.5 Å². The van der Waals surface area contributed by atoms with Crippen molar-refractivity contribution in [1.82, 2.24) is 20.4 Å². The number of ether oxygens (including phenoxy) is 2. The fourth-order valence-electron chi connectivity index (χ4n) is 5.94. The average Bonchev–Trinajstić information content (AvgIpc) is 3.79. The van der Waals surface area contributed by atoms with Gasteiger partial charge in [0.2, 0.25) is 5.89 Å². The van der Waals surface area contributed by atoms with Gasteiger partial charge in [-0.15, -0.1) is 0 Å². The van der Waals surface area contributed by atoms with Crippen molar-refractivity contribution in [2.45, 2.75) is 128 Å². The third kappa shape index (κ3) is 7.80. The first-order chi connectivity index (χ1) is 19.3. The fourth-order valence-corrected chi connectivity index (χ4v) is 5.94. The molecule has 5 rings (SSSR count). The van der Waals surface area contributed by atoms with Gasteiger partial charge < -0.3 is 24.2 Å². The summed E-state index contributed by atoms with van der Waals surface area (Å²) in [5, 5.41) is 7.42. The molecule has 1 aromatic heterocycles. The highest BCUT2D eigenvalue weighted by atomic mass is 16.6. The molecular weight excluding hydrogens is 520 g/mol. The number of carbonyl (C=O) groups excluding carboxylic acids is 2. The first kappa shape index (κ1) is 29.4. The van der Waals surface area contributed by atoms with Gasteiger partial charge >= 0.3 is 12.2 Å². The summed E-state index contributed by atoms with van der Waals surface area (Å²) in [6.07, 6.45) is 6.68. The number of hydrogen-bond acceptors (Lipinski definition) is 7. The Hall–Kier alpha value is -3.10. The van der Waals surface area contributed by atoms with E-state index in [2.05, 4.69) is 34.7 Å². The number of aromatic nitrogens is 2. The van der Waals surface area contributed by atoms with E-state index in [0.717, 1.165) is 51.4 Å². The lowest BCUT2D eigenvalue weighted by molar-refractivity contribution is 0.0208. The fraction of sp³-hybridized carbons (Fsp3) is 0.688. The van der Waals surface area contributed by atoms with E-state index in [4.69, 9.17) is 19.0 Å². The van der Waals surface area contributed by atoms with Crippen LogP contribution in [0.25, 0.3) is 0 Å². The number of benzene rings is 1. The lowest BCUT2D eigenvalue weighted by atomic mass is 9.84. The Kier molecular flexibility index (Phi) is 8.09. The molecule has 3 saturated carbocycles. The highest BCUT2D eigenvalue weighted by Gasteiger charge is 2.55. The zero-order valence-electron chi connectivity index (χ0n) is 25.4. The maximum absolute atomic E-state index is 13.4. The molecule has 2 atom stereocenters. The molecule has 3 fully saturated rings. The Morgan fingerprint density at radius 2 is 1.66 bits per heavy atom. The molecule has 224 valence electrons. The Morgan fingerprint density at radius 3 is 2.27 bits per heavy atom. The van der Waals surface area contributed by atoms with Crippen molar-refractivity contribution < 1.29 is 23.6 Å². The quantitative estimate of drug-likeness (QED) is 0.388. The molecule has 9 nitrogen and oxygen atoms in total. The Bertz CT molecular complexity index is 1200. The minimum Gasteiger partial charge on any atom is -0.444 e. The summed E-state index contributed by atoms with van der Waals surface area (Å²) < 4.78 is 17.0. The van der Waals surface area contributed by atoms with Gasteiger partial charge in [-0.1, -0.05) is 35.5 Å². The molecule has 9 heteroatoms. The zero-order valence-corrected chi connectivity index (χ0v) is 25.4. The summed E-state index contributed by atoms with van der Waals surface area (Å²) in [7, 11) is 0. The van der Waals surface area contributed by atoms with E-state index in [1.165, 1.54) is 5.56 Å². The van der Waals surface area contributed by atoms with Crippen molar-refractivity contribution in [2.75, 3.05) is 6.54 Å². The third-order valence-corrected chi connectivity index (χ3v) is 8.31. The van der Waals surface area contributed by atoms with Crippen molar-refractivity contribution in [3.63, 3.8) is 0 Å². The molecule has 2 aromatic rings. The molecule has 3 aliphatic carbocycles. The number of nitrogens with zero attached hydrogens (tertiary/aromatic N) is 3. The van der Waals surface area contributed by atoms with Gasteiger partial charge in [-0.25, -0.2) is 9.59 Å². The summed E-state index contributed by atoms with van der Waals surface area (Å²) in [4.78, 5) is 32.3. The summed E-state index contributed by atoms with van der Waals surface area (Å²) in [5.74, 6) is 2.12. The second-order valence-corrected chi connectivity index (χ2v) is 14.3. The van der Waals surface area contributed by atoms with Crippen molar-refractivity contribution >= 4 is 12.2 Å². The van der Waals surface area contributed by atoms with Crippen LogP contribution < -0.4 is 5.32 Å². The first-order valence-electron chi connectivity index (χ1n) is 15.2. The van der Waals surface area contributed by atoms with Crippen LogP contribution in [-0.2, 0) is 21.3 Å². The molecule has 41 heavy (non-hydrogen) atoms. The SMILES string of the molecule is CC(C)(C)OC(=O)NC1CCC(Cc2nc(C3(CN(C(=O)OC(C)(C)C)C4CC4c4ccccc4)CC3)no2)CC1. The highest BCUT2D eigenvalue weighted by Crippen LogP contribution is 2.52. The number of alkyl carbamates (subject to hydrolysis) is 1. The van der Waals surface area contributed by atoms with Gasteiger partial charge in [0.25, 0.3) is 0 Å². The molecule has 2 amide bonds. The molecule has 0 radical (unpaired) electrons. The second kappa shape index (κ2) is 11.3. The minimum atomic E-state index is -0.566. The van der Waals surface area contributed by atoms with Crippen LogP contribution in [0.3, 0.4) is 0 Å². The topological polar surface area (TPSA) is 107 Å². The monoisotopic (exact) mass is 566 g/mol. The van der Waals surface area contributed by atoms with Gasteiger partial charge in [0.1, 0.15) is 11.2 Å². The van der Waals surface area contributed by atoms with Crippen LogP contribution >= 0.6 is 0 Å². The van der Waals surface area contributed by atoms with Crippen LogP contribution in [0, 0.1) is 5.92 Å². The maximum Gasteiger partial charge on any atom is 0.410 e. The molecule has 1 heterocycles. The molecular formula is C32H46N4O5. The molecule has 1 N–H and O–H groups in total. The number of carbonyl (C=O) groups is 2. The molecule has 0 aliphatic heterocycles. The van der Waals surface area contributed by atoms with Crippen molar-refractivity contribution in [2.24, 2.45) is 5.92 Å². The molecule has 2 unspecified atom stereocenters. The Balaban J connectivity index is 1.18. The normalized spacial score (nSPS) is 25.2. The predicted octanol–water partition coefficient (Wildman–Crippen LogP) is 6.52. The van der Waals surface area contributed by atoms with E-state index in [0.29, 0.717) is 30.1 Å². The molecule has 1 aromatic carbocycles. The predicted molar refractivity (Wildman–Crippen MR) is 155 cm³/mol. The van der Waals surface area contributed by atoms with Crippen LogP contribution in [0.1, 0.15) is 110 Å². The maximum atomic E-state index is 13.4. The van der Waals surface area contributed by atoms with Gasteiger partial charge in [-0.3, -0.25) is 0 Å². The molecule has 0 bridgehead atoms. The Labute approximate surface area is 243 Å². The van der Waals surface area contributed by atoms with E-state index in [9.17, 15) is 9.59 Å². The third-order valence-electron chi connectivity index (χ3n) is 8.31. The van der Waals surface area contributed by atoms with Gasteiger partial charge in [-0.2, -0.15) is 4.98 Å². The lowest BCUT2D eigenvalue weighted by Gasteiger charge is -2.30. The van der Waals surface area contributed by atoms with Gasteiger partial charge in [0.05, 0.1) is 5.41 Å². The van der Waals surface area contributed by atoms with E-state index in [-0.39, 0.29) is 29.7 Å². The summed E-state index contributed by atoms with van der Waals surface area (Å²) in [6, 6.07) is 10.6. The molecule has 3 aliphatic rings. The van der Waals surface area contributed by atoms with Gasteiger partial charge in [0.15, 0.2) is 5.82 Å². The van der Waals surface area contributed by atoms with Crippen LogP contribution in [0.4, 0.5) is 9.59 Å². The largest absolute Gasteiger partial charge is 0.444 e. The number of hydrogen-bond donors (Lipinski definition) is 1. The smallest absolute Gasteiger partial charge is 0.410 e. The number of rotatable bonds is 8. The number of amides is 2. The lowest BCUT2D eigenvalue weighted by Crippen LogP contribution is -2.43. The van der Waals surface area contributed by atoms with Crippen LogP contribution in [0.2, 0.25) is 0 Å². The molecule has 0 saturated heterocycles.